The molecule has 0 spiro atoms. The Kier molecular flexibility index (Phi) is 2.37. The molecule has 18 heavy (non-hydrogen) atoms. The fourth-order valence-corrected chi connectivity index (χ4v) is 1.89. The average Bonchev–Trinajstić information content (AvgIpc) is 3.05. The van der Waals surface area contributed by atoms with Crippen LogP contribution in [0, 0.1) is 0 Å². The van der Waals surface area contributed by atoms with Gasteiger partial charge in [0.1, 0.15) is 5.69 Å². The molecule has 5 nitrogen and oxygen atoms in total. The summed E-state index contributed by atoms with van der Waals surface area (Å²) in [6, 6.07) is 8.91. The first-order chi connectivity index (χ1) is 8.81. The van der Waals surface area contributed by atoms with Crippen LogP contribution in [0.2, 0.25) is 0 Å². The molecule has 0 aliphatic heterocycles. The highest BCUT2D eigenvalue weighted by molar-refractivity contribution is 5.89. The van der Waals surface area contributed by atoms with Crippen molar-refractivity contribution >= 4 is 11.5 Å². The van der Waals surface area contributed by atoms with E-state index < -0.39 is 5.97 Å². The second-order valence-corrected chi connectivity index (χ2v) is 3.72. The van der Waals surface area contributed by atoms with E-state index in [4.69, 9.17) is 9.15 Å². The number of methoxy groups -OCH3 is 1. The minimum atomic E-state index is -0.411. The largest absolute Gasteiger partial charge is 0.464 e. The fourth-order valence-electron chi connectivity index (χ4n) is 1.89. The number of carbonyl (C=O) groups excluding carboxylic acids is 1. The summed E-state index contributed by atoms with van der Waals surface area (Å²) in [5.41, 5.74) is 1.23. The highest BCUT2D eigenvalue weighted by Crippen LogP contribution is 2.22. The lowest BCUT2D eigenvalue weighted by atomic mass is 10.3. The zero-order valence-corrected chi connectivity index (χ0v) is 9.66. The molecule has 0 bridgehead atoms. The Hall–Kier alpha value is -2.56. The molecule has 3 heterocycles. The SMILES string of the molecule is COC(=O)c1cccc2cnc(-c3ccco3)n12. The van der Waals surface area contributed by atoms with Crippen LogP contribution in [0.1, 0.15) is 10.5 Å². The zero-order valence-electron chi connectivity index (χ0n) is 9.66. The van der Waals surface area contributed by atoms with Crippen LogP contribution in [-0.2, 0) is 4.74 Å². The molecule has 0 fully saturated rings. The third kappa shape index (κ3) is 1.48. The van der Waals surface area contributed by atoms with Gasteiger partial charge in [-0.3, -0.25) is 4.40 Å². The second kappa shape index (κ2) is 4.03. The molecular weight excluding hydrogens is 232 g/mol. The van der Waals surface area contributed by atoms with E-state index in [0.29, 0.717) is 17.3 Å². The van der Waals surface area contributed by atoms with Crippen molar-refractivity contribution in [2.45, 2.75) is 0 Å². The predicted octanol–water partition coefficient (Wildman–Crippen LogP) is 2.38. The number of aromatic nitrogens is 2. The van der Waals surface area contributed by atoms with Gasteiger partial charge in [-0.1, -0.05) is 6.07 Å². The Labute approximate surface area is 103 Å². The van der Waals surface area contributed by atoms with Crippen LogP contribution in [0.4, 0.5) is 0 Å². The summed E-state index contributed by atoms with van der Waals surface area (Å²) in [6.07, 6.45) is 3.25. The molecule has 0 amide bonds. The van der Waals surface area contributed by atoms with Gasteiger partial charge in [-0.2, -0.15) is 0 Å². The molecule has 0 atom stereocenters. The van der Waals surface area contributed by atoms with Crippen LogP contribution in [0.5, 0.6) is 0 Å². The molecular formula is C13H10N2O3. The van der Waals surface area contributed by atoms with Crippen molar-refractivity contribution in [1.82, 2.24) is 9.38 Å². The van der Waals surface area contributed by atoms with Gasteiger partial charge in [0.25, 0.3) is 0 Å². The van der Waals surface area contributed by atoms with Crippen molar-refractivity contribution in [1.29, 1.82) is 0 Å². The van der Waals surface area contributed by atoms with E-state index >= 15 is 0 Å². The smallest absolute Gasteiger partial charge is 0.355 e. The Morgan fingerprint density at radius 2 is 2.22 bits per heavy atom. The molecule has 0 unspecified atom stereocenters. The summed E-state index contributed by atoms with van der Waals surface area (Å²) in [7, 11) is 1.35. The molecule has 0 radical (unpaired) electrons. The van der Waals surface area contributed by atoms with E-state index in [1.165, 1.54) is 7.11 Å². The predicted molar refractivity (Wildman–Crippen MR) is 64.2 cm³/mol. The highest BCUT2D eigenvalue weighted by Gasteiger charge is 2.16. The van der Waals surface area contributed by atoms with Crippen molar-refractivity contribution in [2.24, 2.45) is 0 Å². The molecule has 0 aliphatic rings. The van der Waals surface area contributed by atoms with Crippen LogP contribution in [0.15, 0.2) is 47.2 Å². The number of pyridine rings is 1. The lowest BCUT2D eigenvalue weighted by Crippen LogP contribution is -2.08. The number of rotatable bonds is 2. The first kappa shape index (κ1) is 10.6. The summed E-state index contributed by atoms with van der Waals surface area (Å²) in [5.74, 6) is 0.772. The number of nitrogens with zero attached hydrogens (tertiary/aromatic N) is 2. The molecule has 0 saturated heterocycles. The van der Waals surface area contributed by atoms with E-state index in [-0.39, 0.29) is 0 Å². The molecule has 3 aromatic heterocycles. The van der Waals surface area contributed by atoms with E-state index in [1.807, 2.05) is 6.07 Å². The maximum Gasteiger partial charge on any atom is 0.355 e. The van der Waals surface area contributed by atoms with Gasteiger partial charge in [0.05, 0.1) is 25.1 Å². The van der Waals surface area contributed by atoms with Gasteiger partial charge in [0.15, 0.2) is 11.6 Å². The number of hydrogen-bond donors (Lipinski definition) is 0. The number of ether oxygens (including phenoxy) is 1. The van der Waals surface area contributed by atoms with Crippen molar-refractivity contribution in [2.75, 3.05) is 7.11 Å². The first-order valence-electron chi connectivity index (χ1n) is 5.40. The number of furan rings is 1. The van der Waals surface area contributed by atoms with Crippen molar-refractivity contribution in [3.63, 3.8) is 0 Å². The lowest BCUT2D eigenvalue weighted by Gasteiger charge is -2.05. The minimum Gasteiger partial charge on any atom is -0.464 e. The summed E-state index contributed by atoms with van der Waals surface area (Å²) < 4.78 is 11.8. The minimum absolute atomic E-state index is 0.411. The number of fused-ring (bicyclic) bond motifs is 1. The third-order valence-corrected chi connectivity index (χ3v) is 2.69. The zero-order chi connectivity index (χ0) is 12.5. The standard InChI is InChI=1S/C13H10N2O3/c1-17-13(16)10-5-2-4-9-8-14-12(15(9)10)11-6-3-7-18-11/h2-8H,1H3. The number of carbonyl (C=O) groups is 1. The quantitative estimate of drug-likeness (QED) is 0.647. The topological polar surface area (TPSA) is 56.7 Å². The highest BCUT2D eigenvalue weighted by atomic mass is 16.5. The molecule has 5 heteroatoms. The maximum atomic E-state index is 11.7. The van der Waals surface area contributed by atoms with Crippen LogP contribution >= 0.6 is 0 Å². The van der Waals surface area contributed by atoms with Gasteiger partial charge >= 0.3 is 5.97 Å². The monoisotopic (exact) mass is 242 g/mol. The van der Waals surface area contributed by atoms with E-state index in [9.17, 15) is 4.79 Å². The van der Waals surface area contributed by atoms with Crippen LogP contribution in [0.25, 0.3) is 17.1 Å². The Morgan fingerprint density at radius 1 is 1.33 bits per heavy atom. The summed E-state index contributed by atoms with van der Waals surface area (Å²) in [6.45, 7) is 0. The number of hydrogen-bond acceptors (Lipinski definition) is 4. The Morgan fingerprint density at radius 3 is 2.94 bits per heavy atom. The van der Waals surface area contributed by atoms with Crippen LogP contribution < -0.4 is 0 Å². The van der Waals surface area contributed by atoms with E-state index in [2.05, 4.69) is 4.98 Å². The van der Waals surface area contributed by atoms with Gasteiger partial charge in [0, 0.05) is 0 Å². The molecule has 3 aromatic rings. The normalized spacial score (nSPS) is 10.7. The van der Waals surface area contributed by atoms with Crippen molar-refractivity contribution in [3.8, 4) is 11.6 Å². The summed E-state index contributed by atoms with van der Waals surface area (Å²) in [5, 5.41) is 0. The summed E-state index contributed by atoms with van der Waals surface area (Å²) >= 11 is 0. The number of imidazole rings is 1. The van der Waals surface area contributed by atoms with Crippen molar-refractivity contribution in [3.05, 3.63) is 48.5 Å². The molecule has 0 aromatic carbocycles. The first-order valence-corrected chi connectivity index (χ1v) is 5.40. The molecule has 90 valence electrons. The third-order valence-electron chi connectivity index (χ3n) is 2.69. The molecule has 0 aliphatic carbocycles. The van der Waals surface area contributed by atoms with Gasteiger partial charge < -0.3 is 9.15 Å². The fraction of sp³-hybridized carbons (Fsp3) is 0.0769. The van der Waals surface area contributed by atoms with Crippen LogP contribution in [-0.4, -0.2) is 22.5 Å². The molecule has 0 saturated carbocycles. The Bertz CT molecular complexity index is 698. The summed E-state index contributed by atoms with van der Waals surface area (Å²) in [4.78, 5) is 16.0. The van der Waals surface area contributed by atoms with Gasteiger partial charge in [-0.15, -0.1) is 0 Å². The van der Waals surface area contributed by atoms with Gasteiger partial charge in [-0.25, -0.2) is 9.78 Å². The van der Waals surface area contributed by atoms with Crippen molar-refractivity contribution < 1.29 is 13.9 Å². The Balaban J connectivity index is 2.31. The molecule has 3 rings (SSSR count). The lowest BCUT2D eigenvalue weighted by molar-refractivity contribution is 0.0592. The van der Waals surface area contributed by atoms with Gasteiger partial charge in [-0.05, 0) is 24.3 Å². The maximum absolute atomic E-state index is 11.7. The second-order valence-electron chi connectivity index (χ2n) is 3.72. The van der Waals surface area contributed by atoms with Gasteiger partial charge in [0.2, 0.25) is 0 Å². The van der Waals surface area contributed by atoms with Crippen LogP contribution in [0.3, 0.4) is 0 Å². The van der Waals surface area contributed by atoms with E-state index in [0.717, 1.165) is 5.52 Å². The van der Waals surface area contributed by atoms with E-state index in [1.54, 1.807) is 41.1 Å². The molecule has 0 N–H and O–H groups in total. The average molecular weight is 242 g/mol. The number of esters is 1.